The van der Waals surface area contributed by atoms with Crippen LogP contribution in [0.5, 0.6) is 0 Å². The summed E-state index contributed by atoms with van der Waals surface area (Å²) in [6.45, 7) is 3.42. The Balaban J connectivity index is 2.30. The number of amides is 1. The van der Waals surface area contributed by atoms with Crippen molar-refractivity contribution in [2.75, 3.05) is 11.1 Å². The summed E-state index contributed by atoms with van der Waals surface area (Å²) in [7, 11) is 0. The molecule has 1 heterocycles. The van der Waals surface area contributed by atoms with Gasteiger partial charge >= 0.3 is 0 Å². The van der Waals surface area contributed by atoms with Gasteiger partial charge in [0.25, 0.3) is 5.91 Å². The molecule has 1 aromatic carbocycles. The van der Waals surface area contributed by atoms with Crippen molar-refractivity contribution >= 4 is 28.1 Å². The third kappa shape index (κ3) is 2.33. The number of halogens is 1. The standard InChI is InChI=1S/C12H12FN3OS/c1-6-4-3-5-8(13)9(6)16-11(17)10-7(2)15-12(14)18-10/h3-5H,1-2H3,(H2,14,15)(H,16,17). The fraction of sp³-hybridized carbons (Fsp3) is 0.167. The molecule has 0 saturated carbocycles. The summed E-state index contributed by atoms with van der Waals surface area (Å²) < 4.78 is 13.6. The minimum Gasteiger partial charge on any atom is -0.375 e. The molecule has 0 aliphatic rings. The van der Waals surface area contributed by atoms with Crippen molar-refractivity contribution in [1.29, 1.82) is 0 Å². The molecule has 0 aliphatic heterocycles. The minimum atomic E-state index is -0.460. The molecule has 4 nitrogen and oxygen atoms in total. The number of para-hydroxylation sites is 1. The van der Waals surface area contributed by atoms with E-state index in [4.69, 9.17) is 5.73 Å². The zero-order valence-corrected chi connectivity index (χ0v) is 10.8. The first-order valence-corrected chi connectivity index (χ1v) is 6.10. The van der Waals surface area contributed by atoms with Gasteiger partial charge in [0.15, 0.2) is 5.13 Å². The molecule has 1 amide bonds. The average Bonchev–Trinajstić information content (AvgIpc) is 2.63. The number of carbonyl (C=O) groups excluding carboxylic acids is 1. The van der Waals surface area contributed by atoms with Gasteiger partial charge in [0.05, 0.1) is 11.4 Å². The maximum atomic E-state index is 13.6. The SMILES string of the molecule is Cc1cccc(F)c1NC(=O)c1sc(N)nc1C. The maximum Gasteiger partial charge on any atom is 0.267 e. The normalized spacial score (nSPS) is 10.4. The summed E-state index contributed by atoms with van der Waals surface area (Å²) in [5.74, 6) is -0.853. The molecule has 0 spiro atoms. The largest absolute Gasteiger partial charge is 0.375 e. The molecule has 0 radical (unpaired) electrons. The Morgan fingerprint density at radius 1 is 1.44 bits per heavy atom. The van der Waals surface area contributed by atoms with Crippen LogP contribution in [0.2, 0.25) is 0 Å². The van der Waals surface area contributed by atoms with Crippen molar-refractivity contribution in [1.82, 2.24) is 4.98 Å². The third-order valence-electron chi connectivity index (χ3n) is 2.48. The average molecular weight is 265 g/mol. The van der Waals surface area contributed by atoms with Crippen LogP contribution in [0, 0.1) is 19.7 Å². The number of anilines is 2. The lowest BCUT2D eigenvalue weighted by Gasteiger charge is -2.08. The van der Waals surface area contributed by atoms with Crippen LogP contribution in [0.1, 0.15) is 20.9 Å². The number of hydrogen-bond acceptors (Lipinski definition) is 4. The van der Waals surface area contributed by atoms with Crippen molar-refractivity contribution in [3.05, 3.63) is 40.2 Å². The molecule has 0 fully saturated rings. The van der Waals surface area contributed by atoms with E-state index in [1.54, 1.807) is 26.0 Å². The second-order valence-electron chi connectivity index (χ2n) is 3.85. The van der Waals surface area contributed by atoms with Gasteiger partial charge in [0.1, 0.15) is 10.7 Å². The summed E-state index contributed by atoms with van der Waals surface area (Å²) in [5.41, 5.74) is 6.92. The highest BCUT2D eigenvalue weighted by Gasteiger charge is 2.16. The number of nitrogens with two attached hydrogens (primary N) is 1. The quantitative estimate of drug-likeness (QED) is 0.877. The summed E-state index contributed by atoms with van der Waals surface area (Å²) in [4.78, 5) is 16.3. The van der Waals surface area contributed by atoms with Crippen LogP contribution in [-0.2, 0) is 0 Å². The predicted octanol–water partition coefficient (Wildman–Crippen LogP) is 2.73. The first kappa shape index (κ1) is 12.5. The van der Waals surface area contributed by atoms with Crippen LogP contribution in [0.4, 0.5) is 15.2 Å². The van der Waals surface area contributed by atoms with Gasteiger partial charge in [0.2, 0.25) is 0 Å². The molecular formula is C12H12FN3OS. The number of benzene rings is 1. The van der Waals surface area contributed by atoms with E-state index in [-0.39, 0.29) is 5.69 Å². The zero-order valence-electron chi connectivity index (χ0n) is 9.95. The highest BCUT2D eigenvalue weighted by Crippen LogP contribution is 2.23. The molecule has 0 saturated heterocycles. The number of aromatic nitrogens is 1. The Morgan fingerprint density at radius 2 is 2.17 bits per heavy atom. The van der Waals surface area contributed by atoms with Gasteiger partial charge in [-0.15, -0.1) is 0 Å². The molecule has 1 aromatic heterocycles. The highest BCUT2D eigenvalue weighted by molar-refractivity contribution is 7.17. The molecule has 3 N–H and O–H groups in total. The van der Waals surface area contributed by atoms with Crippen molar-refractivity contribution in [3.63, 3.8) is 0 Å². The van der Waals surface area contributed by atoms with Gasteiger partial charge in [-0.05, 0) is 25.5 Å². The maximum absolute atomic E-state index is 13.6. The number of hydrogen-bond donors (Lipinski definition) is 2. The third-order valence-corrected chi connectivity index (χ3v) is 3.47. The topological polar surface area (TPSA) is 68.0 Å². The Morgan fingerprint density at radius 3 is 2.72 bits per heavy atom. The molecule has 94 valence electrons. The van der Waals surface area contributed by atoms with Crippen LogP contribution in [0.25, 0.3) is 0 Å². The number of rotatable bonds is 2. The zero-order chi connectivity index (χ0) is 13.3. The Kier molecular flexibility index (Phi) is 3.29. The summed E-state index contributed by atoms with van der Waals surface area (Å²) in [6.07, 6.45) is 0. The lowest BCUT2D eigenvalue weighted by molar-refractivity contribution is 0.102. The smallest absolute Gasteiger partial charge is 0.267 e. The summed E-state index contributed by atoms with van der Waals surface area (Å²) in [6, 6.07) is 4.62. The van der Waals surface area contributed by atoms with Crippen molar-refractivity contribution in [2.45, 2.75) is 13.8 Å². The van der Waals surface area contributed by atoms with Crippen LogP contribution in [-0.4, -0.2) is 10.9 Å². The molecule has 0 unspecified atom stereocenters. The van der Waals surface area contributed by atoms with E-state index in [1.165, 1.54) is 6.07 Å². The van der Waals surface area contributed by atoms with E-state index < -0.39 is 11.7 Å². The Bertz CT molecular complexity index is 589. The number of nitrogens with one attached hydrogen (secondary N) is 1. The van der Waals surface area contributed by atoms with E-state index in [0.29, 0.717) is 21.3 Å². The van der Waals surface area contributed by atoms with E-state index in [0.717, 1.165) is 11.3 Å². The lowest BCUT2D eigenvalue weighted by atomic mass is 10.2. The van der Waals surface area contributed by atoms with E-state index in [9.17, 15) is 9.18 Å². The van der Waals surface area contributed by atoms with Gasteiger partial charge in [-0.3, -0.25) is 4.79 Å². The van der Waals surface area contributed by atoms with Gasteiger partial charge in [0, 0.05) is 0 Å². The number of aryl methyl sites for hydroxylation is 2. The fourth-order valence-corrected chi connectivity index (χ4v) is 2.32. The van der Waals surface area contributed by atoms with Crippen LogP contribution in [0.3, 0.4) is 0 Å². The second-order valence-corrected chi connectivity index (χ2v) is 4.88. The van der Waals surface area contributed by atoms with Crippen LogP contribution >= 0.6 is 11.3 Å². The number of thiazole rings is 1. The molecule has 18 heavy (non-hydrogen) atoms. The Hall–Kier alpha value is -1.95. The van der Waals surface area contributed by atoms with E-state index in [2.05, 4.69) is 10.3 Å². The molecule has 6 heteroatoms. The minimum absolute atomic E-state index is 0.189. The predicted molar refractivity (Wildman–Crippen MR) is 70.4 cm³/mol. The van der Waals surface area contributed by atoms with E-state index in [1.807, 2.05) is 0 Å². The second kappa shape index (κ2) is 4.73. The monoisotopic (exact) mass is 265 g/mol. The summed E-state index contributed by atoms with van der Waals surface area (Å²) in [5, 5.41) is 2.87. The molecular weight excluding hydrogens is 253 g/mol. The molecule has 0 aliphatic carbocycles. The van der Waals surface area contributed by atoms with Gasteiger partial charge < -0.3 is 11.1 Å². The lowest BCUT2D eigenvalue weighted by Crippen LogP contribution is -2.13. The highest BCUT2D eigenvalue weighted by atomic mass is 32.1. The van der Waals surface area contributed by atoms with Gasteiger partial charge in [-0.25, -0.2) is 9.37 Å². The number of carbonyl (C=O) groups is 1. The van der Waals surface area contributed by atoms with E-state index >= 15 is 0 Å². The molecule has 0 atom stereocenters. The first-order valence-electron chi connectivity index (χ1n) is 5.28. The number of nitrogen functional groups attached to an aromatic ring is 1. The summed E-state index contributed by atoms with van der Waals surface area (Å²) >= 11 is 1.09. The fourth-order valence-electron chi connectivity index (χ4n) is 1.59. The van der Waals surface area contributed by atoms with Crippen molar-refractivity contribution in [2.24, 2.45) is 0 Å². The van der Waals surface area contributed by atoms with Gasteiger partial charge in [-0.1, -0.05) is 23.5 Å². The van der Waals surface area contributed by atoms with Crippen LogP contribution < -0.4 is 11.1 Å². The van der Waals surface area contributed by atoms with Crippen LogP contribution in [0.15, 0.2) is 18.2 Å². The van der Waals surface area contributed by atoms with Crippen molar-refractivity contribution in [3.8, 4) is 0 Å². The molecule has 2 rings (SSSR count). The molecule has 2 aromatic rings. The first-order chi connectivity index (χ1) is 8.49. The Labute approximate surface area is 108 Å². The van der Waals surface area contributed by atoms with Gasteiger partial charge in [-0.2, -0.15) is 0 Å². The number of nitrogens with zero attached hydrogens (tertiary/aromatic N) is 1. The van der Waals surface area contributed by atoms with Crippen molar-refractivity contribution < 1.29 is 9.18 Å². The molecule has 0 bridgehead atoms.